The standard InChI is InChI=1S/C25H25.C13H19.C9H10.2ClH.Zr/c1-14-12-24(3,4)22-8-16-7-17-9-23-19(15(2)13-25(23,5)6)11-21(17)20(16)10-18(14)22;1-11-6-7-12(10-11)13(2)8-4-3-5-9-13;1-2-6-9-7-4-3-5-8-9;;;/h7-13H,1-6H3;7,10-11H,3-5,8-9H2,1-2H3;3-5,7-8H,2H2,1H3;2*1H;/q;;;;;+2/p-2. The van der Waals surface area contributed by atoms with Crippen molar-refractivity contribution in [3.05, 3.63) is 127 Å². The fraction of sp³-hybridized carbons (Fsp3) is 0.426. The predicted octanol–water partition coefficient (Wildman–Crippen LogP) is 6.83. The van der Waals surface area contributed by atoms with Crippen LogP contribution in [0.1, 0.15) is 143 Å². The Morgan fingerprint density at radius 1 is 0.720 bits per heavy atom. The molecule has 260 valence electrons. The molecule has 1 unspecified atom stereocenters. The minimum atomic E-state index is -2.69. The van der Waals surface area contributed by atoms with Crippen molar-refractivity contribution in [2.45, 2.75) is 115 Å². The van der Waals surface area contributed by atoms with Crippen LogP contribution in [0.25, 0.3) is 22.3 Å². The van der Waals surface area contributed by atoms with Gasteiger partial charge in [0, 0.05) is 0 Å². The van der Waals surface area contributed by atoms with Crippen LogP contribution in [0.4, 0.5) is 0 Å². The van der Waals surface area contributed by atoms with E-state index in [9.17, 15) is 0 Å². The van der Waals surface area contributed by atoms with Crippen molar-refractivity contribution in [1.82, 2.24) is 0 Å². The summed E-state index contributed by atoms with van der Waals surface area (Å²) in [6.45, 7) is 21.9. The van der Waals surface area contributed by atoms with E-state index in [1.54, 1.807) is 19.9 Å². The molecule has 0 spiro atoms. The molecule has 1 atom stereocenters. The molecule has 3 aromatic carbocycles. The molecule has 5 aliphatic carbocycles. The molecule has 5 aliphatic rings. The minimum absolute atomic E-state index is 0. The quantitative estimate of drug-likeness (QED) is 0.267. The van der Waals surface area contributed by atoms with Crippen molar-refractivity contribution in [2.24, 2.45) is 11.3 Å². The molecule has 0 aliphatic heterocycles. The third-order valence-electron chi connectivity index (χ3n) is 13.0. The monoisotopic (exact) mass is 778 g/mol. The molecule has 0 N–H and O–H groups in total. The molecule has 0 amide bonds. The van der Waals surface area contributed by atoms with Crippen molar-refractivity contribution >= 4 is 14.4 Å². The van der Waals surface area contributed by atoms with E-state index in [4.69, 9.17) is 0 Å². The first-order valence-corrected chi connectivity index (χ1v) is 22.7. The summed E-state index contributed by atoms with van der Waals surface area (Å²) in [6.07, 6.45) is 18.5. The van der Waals surface area contributed by atoms with Gasteiger partial charge in [-0.1, -0.05) is 0 Å². The second kappa shape index (κ2) is 13.4. The molecule has 3 heteroatoms. The molecular weight excluding hydrogens is 727 g/mol. The summed E-state index contributed by atoms with van der Waals surface area (Å²) in [5.74, 6) is 0.510. The molecule has 0 bridgehead atoms. The number of hydrogen-bond acceptors (Lipinski definition) is 0. The number of fused-ring (bicyclic) bond motifs is 5. The van der Waals surface area contributed by atoms with Crippen LogP contribution in [0, 0.1) is 11.3 Å². The summed E-state index contributed by atoms with van der Waals surface area (Å²) in [7, 11) is 0. The van der Waals surface area contributed by atoms with Crippen LogP contribution in [0.2, 0.25) is 0 Å². The van der Waals surface area contributed by atoms with Gasteiger partial charge in [-0.3, -0.25) is 0 Å². The Morgan fingerprint density at radius 2 is 1.24 bits per heavy atom. The van der Waals surface area contributed by atoms with Crippen molar-refractivity contribution in [1.29, 1.82) is 0 Å². The van der Waals surface area contributed by atoms with Crippen LogP contribution in [-0.2, 0) is 32.1 Å². The average Bonchev–Trinajstić information content (AvgIpc) is 3.73. The third-order valence-corrected chi connectivity index (χ3v) is 22.1. The molecule has 0 saturated heterocycles. The van der Waals surface area contributed by atoms with Gasteiger partial charge in [-0.15, -0.1) is 0 Å². The van der Waals surface area contributed by atoms with E-state index in [2.05, 4.69) is 141 Å². The van der Waals surface area contributed by atoms with Crippen LogP contribution >= 0.6 is 0 Å². The Kier molecular flexibility index (Phi) is 10.1. The summed E-state index contributed by atoms with van der Waals surface area (Å²) >= 11 is -2.69. The van der Waals surface area contributed by atoms with Gasteiger partial charge in [-0.2, -0.15) is 0 Å². The van der Waals surface area contributed by atoms with Crippen LogP contribution in [0.15, 0.2) is 87.8 Å². The van der Waals surface area contributed by atoms with Crippen LogP contribution in [-0.4, -0.2) is 3.21 Å². The summed E-state index contributed by atoms with van der Waals surface area (Å²) in [4.78, 5) is 0. The third kappa shape index (κ3) is 5.85. The van der Waals surface area contributed by atoms with Gasteiger partial charge in [0.1, 0.15) is 0 Å². The summed E-state index contributed by atoms with van der Waals surface area (Å²) in [6, 6.07) is 22.2. The molecular formula is C47H54Cl2Zr. The second-order valence-corrected chi connectivity index (χ2v) is 23.6. The summed E-state index contributed by atoms with van der Waals surface area (Å²) in [5, 5.41) is 0. The van der Waals surface area contributed by atoms with Gasteiger partial charge in [0.2, 0.25) is 0 Å². The Bertz CT molecular complexity index is 1940. The van der Waals surface area contributed by atoms with Gasteiger partial charge in [-0.25, -0.2) is 0 Å². The molecule has 1 fully saturated rings. The minimum Gasteiger partial charge on any atom is -1.00 e. The van der Waals surface area contributed by atoms with Gasteiger partial charge in [0.25, 0.3) is 0 Å². The molecule has 1 saturated carbocycles. The van der Waals surface area contributed by atoms with E-state index in [0.29, 0.717) is 15.0 Å². The fourth-order valence-electron chi connectivity index (χ4n) is 10.5. The number of allylic oxidation sites excluding steroid dienone is 8. The molecule has 0 aromatic heterocycles. The molecule has 0 radical (unpaired) electrons. The molecule has 0 nitrogen and oxygen atoms in total. The van der Waals surface area contributed by atoms with Gasteiger partial charge in [0.15, 0.2) is 0 Å². The molecule has 8 rings (SSSR count). The maximum Gasteiger partial charge on any atom is -1.00 e. The Labute approximate surface area is 322 Å². The van der Waals surface area contributed by atoms with Gasteiger partial charge < -0.3 is 24.8 Å². The van der Waals surface area contributed by atoms with Crippen molar-refractivity contribution in [2.75, 3.05) is 0 Å². The van der Waals surface area contributed by atoms with Crippen LogP contribution in [0.3, 0.4) is 0 Å². The molecule has 3 aromatic rings. The topological polar surface area (TPSA) is 0 Å². The second-order valence-electron chi connectivity index (χ2n) is 17.2. The fourth-order valence-corrected chi connectivity index (χ4v) is 20.0. The van der Waals surface area contributed by atoms with Crippen LogP contribution in [0.5, 0.6) is 0 Å². The zero-order valence-corrected chi connectivity index (χ0v) is 35.6. The number of halogens is 2. The first kappa shape index (κ1) is 37.7. The van der Waals surface area contributed by atoms with E-state index in [0.717, 1.165) is 6.42 Å². The van der Waals surface area contributed by atoms with Gasteiger partial charge >= 0.3 is 300 Å². The van der Waals surface area contributed by atoms with Crippen molar-refractivity contribution < 1.29 is 46.1 Å². The molecule has 0 heterocycles. The van der Waals surface area contributed by atoms with Crippen molar-refractivity contribution in [3.63, 3.8) is 0 Å². The Hall–Kier alpha value is -2.05. The van der Waals surface area contributed by atoms with E-state index in [1.165, 1.54) is 82.2 Å². The van der Waals surface area contributed by atoms with Crippen LogP contribution < -0.4 is 24.8 Å². The largest absolute Gasteiger partial charge is 1.00 e. The van der Waals surface area contributed by atoms with E-state index < -0.39 is 21.3 Å². The SMILES string of the molecule is CC/[C](c1ccccc1)=[Zr+2](/[C]1=CC(C2(C)CCCCC2)=CC1C)[CH]1c2cc3c(cc2-c2cc4c(cc21)C(C)(C)C=C4C)C(C)=CC3(C)C.[Cl-].[Cl-]. The first-order valence-electron chi connectivity index (χ1n) is 18.8. The zero-order valence-electron chi connectivity index (χ0n) is 31.7. The molecule has 50 heavy (non-hydrogen) atoms. The zero-order chi connectivity index (χ0) is 33.7. The van der Waals surface area contributed by atoms with Gasteiger partial charge in [0.05, 0.1) is 0 Å². The van der Waals surface area contributed by atoms with E-state index in [1.807, 2.05) is 3.28 Å². The summed E-state index contributed by atoms with van der Waals surface area (Å²) in [5.41, 5.74) is 18.8. The number of rotatable bonds is 5. The summed E-state index contributed by atoms with van der Waals surface area (Å²) < 4.78 is 4.08. The van der Waals surface area contributed by atoms with E-state index in [-0.39, 0.29) is 35.6 Å². The normalized spacial score (nSPS) is 22.1. The first-order chi connectivity index (χ1) is 22.8. The number of benzene rings is 3. The Morgan fingerprint density at radius 3 is 1.74 bits per heavy atom. The van der Waals surface area contributed by atoms with E-state index >= 15 is 0 Å². The van der Waals surface area contributed by atoms with Crippen molar-refractivity contribution in [3.8, 4) is 11.1 Å². The smallest absolute Gasteiger partial charge is 1.00 e. The average molecular weight is 781 g/mol. The Balaban J connectivity index is 0.00000216. The maximum absolute atomic E-state index is 2.80. The van der Waals surface area contributed by atoms with Gasteiger partial charge in [-0.05, 0) is 0 Å². The number of hydrogen-bond donors (Lipinski definition) is 0. The predicted molar refractivity (Wildman–Crippen MR) is 204 cm³/mol. The maximum atomic E-state index is 2.80.